The second kappa shape index (κ2) is 9.10. The minimum atomic E-state index is -0.963. The molecular weight excluding hydrogens is 400 g/mol. The number of rotatable bonds is 8. The maximum Gasteiger partial charge on any atom is 0.289 e. The molecule has 2 N–H and O–H groups in total. The summed E-state index contributed by atoms with van der Waals surface area (Å²) in [5.74, 6) is -1.08. The monoisotopic (exact) mass is 426 g/mol. The van der Waals surface area contributed by atoms with Crippen molar-refractivity contribution < 1.29 is 14.3 Å². The molecule has 0 aliphatic heterocycles. The van der Waals surface area contributed by atoms with E-state index in [1.54, 1.807) is 0 Å². The molecule has 0 unspecified atom stereocenters. The van der Waals surface area contributed by atoms with Gasteiger partial charge < -0.3 is 14.9 Å². The highest BCUT2D eigenvalue weighted by atomic mass is 16.5. The quantitative estimate of drug-likeness (QED) is 0.324. The fourth-order valence-electron chi connectivity index (χ4n) is 4.36. The molecule has 0 aliphatic carbocycles. The molecule has 0 bridgehead atoms. The van der Waals surface area contributed by atoms with Gasteiger partial charge in [0.05, 0.1) is 17.7 Å². The summed E-state index contributed by atoms with van der Waals surface area (Å²) in [7, 11) is 0. The number of hydrogen-bond donors (Lipinski definition) is 1. The van der Waals surface area contributed by atoms with E-state index in [-0.39, 0.29) is 0 Å². The highest BCUT2D eigenvalue weighted by Gasteiger charge is 2.27. The van der Waals surface area contributed by atoms with E-state index < -0.39 is 11.7 Å². The summed E-state index contributed by atoms with van der Waals surface area (Å²) < 4.78 is 7.79. The summed E-state index contributed by atoms with van der Waals surface area (Å²) in [6.45, 7) is 4.32. The van der Waals surface area contributed by atoms with Crippen LogP contribution in [0, 0.1) is 0 Å². The number of hydrogen-bond acceptors (Lipinski definition) is 3. The molecule has 4 rings (SSSR count). The van der Waals surface area contributed by atoms with Crippen LogP contribution in [-0.4, -0.2) is 22.7 Å². The van der Waals surface area contributed by atoms with Gasteiger partial charge in [0.25, 0.3) is 11.7 Å². The summed E-state index contributed by atoms with van der Waals surface area (Å²) >= 11 is 0. The van der Waals surface area contributed by atoms with Crippen LogP contribution in [0.4, 0.5) is 0 Å². The molecule has 5 heteroatoms. The Bertz CT molecular complexity index is 1290. The van der Waals surface area contributed by atoms with Crippen molar-refractivity contribution in [1.82, 2.24) is 4.40 Å². The van der Waals surface area contributed by atoms with E-state index in [1.165, 1.54) is 0 Å². The van der Waals surface area contributed by atoms with Crippen molar-refractivity contribution in [3.8, 4) is 16.9 Å². The summed E-state index contributed by atoms with van der Waals surface area (Å²) in [6, 6.07) is 22.2. The number of ketones is 1. The Hall–Kier alpha value is -3.86. The highest BCUT2D eigenvalue weighted by molar-refractivity contribution is 6.44. The first-order valence-corrected chi connectivity index (χ1v) is 10.8. The molecule has 0 radical (unpaired) electrons. The SMILES string of the molecule is CCOc1cccn2c(Cc3ccccc3-c3ccccc3)c(CC)c(C(=O)C(N)=O)c12. The maximum atomic E-state index is 12.9. The zero-order valence-corrected chi connectivity index (χ0v) is 18.3. The van der Waals surface area contributed by atoms with Gasteiger partial charge in [0.2, 0.25) is 0 Å². The van der Waals surface area contributed by atoms with Gasteiger partial charge in [-0.2, -0.15) is 0 Å². The molecule has 0 spiro atoms. The first-order valence-electron chi connectivity index (χ1n) is 10.8. The van der Waals surface area contributed by atoms with Crippen LogP contribution >= 0.6 is 0 Å². The van der Waals surface area contributed by atoms with Gasteiger partial charge in [-0.3, -0.25) is 9.59 Å². The molecule has 162 valence electrons. The van der Waals surface area contributed by atoms with Crippen LogP contribution in [0.2, 0.25) is 0 Å². The third-order valence-corrected chi connectivity index (χ3v) is 5.70. The number of carbonyl (C=O) groups is 2. The standard InChI is InChI=1S/C27H26N2O3/c1-3-20-22(17-19-13-8-9-14-21(19)18-11-6-5-7-12-18)29-16-10-15-23(32-4-2)25(29)24(20)26(30)27(28)31/h5-16H,3-4,17H2,1-2H3,(H2,28,31). The molecule has 5 nitrogen and oxygen atoms in total. The van der Waals surface area contributed by atoms with Gasteiger partial charge in [-0.25, -0.2) is 0 Å². The van der Waals surface area contributed by atoms with Crippen LogP contribution in [0.25, 0.3) is 16.6 Å². The van der Waals surface area contributed by atoms with E-state index >= 15 is 0 Å². The topological polar surface area (TPSA) is 73.8 Å². The molecule has 0 saturated heterocycles. The summed E-state index contributed by atoms with van der Waals surface area (Å²) in [5.41, 5.74) is 11.5. The molecule has 0 aliphatic rings. The van der Waals surface area contributed by atoms with Gasteiger partial charge >= 0.3 is 0 Å². The Balaban J connectivity index is 1.96. The highest BCUT2D eigenvalue weighted by Crippen LogP contribution is 2.34. The van der Waals surface area contributed by atoms with Crippen LogP contribution < -0.4 is 10.5 Å². The molecule has 32 heavy (non-hydrogen) atoms. The second-order valence-electron chi connectivity index (χ2n) is 7.57. The molecule has 4 aromatic rings. The summed E-state index contributed by atoms with van der Waals surface area (Å²) in [5, 5.41) is 0. The largest absolute Gasteiger partial charge is 0.492 e. The van der Waals surface area contributed by atoms with Crippen LogP contribution in [0.1, 0.15) is 41.0 Å². The number of amides is 1. The molecule has 1 amide bonds. The predicted octanol–water partition coefficient (Wildman–Crippen LogP) is 4.83. The Morgan fingerprint density at radius 3 is 2.34 bits per heavy atom. The number of fused-ring (bicyclic) bond motifs is 1. The van der Waals surface area contributed by atoms with Gasteiger partial charge in [-0.15, -0.1) is 0 Å². The molecule has 2 heterocycles. The van der Waals surface area contributed by atoms with Crippen LogP contribution in [-0.2, 0) is 17.6 Å². The molecule has 0 fully saturated rings. The van der Waals surface area contributed by atoms with E-state index in [0.29, 0.717) is 36.3 Å². The molecular formula is C27H26N2O3. The average molecular weight is 427 g/mol. The number of pyridine rings is 1. The third-order valence-electron chi connectivity index (χ3n) is 5.70. The Morgan fingerprint density at radius 1 is 0.938 bits per heavy atom. The number of benzene rings is 2. The Kier molecular flexibility index (Phi) is 6.08. The number of nitrogens with two attached hydrogens (primary N) is 1. The average Bonchev–Trinajstić information content (AvgIpc) is 3.13. The lowest BCUT2D eigenvalue weighted by Crippen LogP contribution is -2.24. The number of ether oxygens (including phenoxy) is 1. The summed E-state index contributed by atoms with van der Waals surface area (Å²) in [6.07, 6.45) is 3.09. The van der Waals surface area contributed by atoms with Gasteiger partial charge in [-0.1, -0.05) is 61.5 Å². The van der Waals surface area contributed by atoms with Crippen LogP contribution in [0.15, 0.2) is 72.9 Å². The van der Waals surface area contributed by atoms with Crippen molar-refractivity contribution in [1.29, 1.82) is 0 Å². The molecule has 2 aromatic heterocycles. The molecule has 2 aromatic carbocycles. The lowest BCUT2D eigenvalue weighted by molar-refractivity contribution is -0.114. The van der Waals surface area contributed by atoms with E-state index in [1.807, 2.05) is 66.9 Å². The smallest absolute Gasteiger partial charge is 0.289 e. The van der Waals surface area contributed by atoms with Crippen LogP contribution in [0.5, 0.6) is 5.75 Å². The van der Waals surface area contributed by atoms with Crippen molar-refractivity contribution in [2.75, 3.05) is 6.61 Å². The number of nitrogens with zero attached hydrogens (tertiary/aromatic N) is 1. The fourth-order valence-corrected chi connectivity index (χ4v) is 4.36. The van der Waals surface area contributed by atoms with Crippen molar-refractivity contribution in [2.24, 2.45) is 5.73 Å². The minimum absolute atomic E-state index is 0.344. The van der Waals surface area contributed by atoms with Crippen molar-refractivity contribution in [3.05, 3.63) is 95.3 Å². The molecule has 0 atom stereocenters. The van der Waals surface area contributed by atoms with E-state index in [4.69, 9.17) is 10.5 Å². The van der Waals surface area contributed by atoms with E-state index in [0.717, 1.165) is 27.9 Å². The minimum Gasteiger partial charge on any atom is -0.492 e. The van der Waals surface area contributed by atoms with Gasteiger partial charge in [0.1, 0.15) is 5.75 Å². The van der Waals surface area contributed by atoms with E-state index in [2.05, 4.69) is 24.3 Å². The third kappa shape index (κ3) is 3.78. The zero-order valence-electron chi connectivity index (χ0n) is 18.3. The van der Waals surface area contributed by atoms with Crippen LogP contribution in [0.3, 0.4) is 0 Å². The van der Waals surface area contributed by atoms with Crippen molar-refractivity contribution in [3.63, 3.8) is 0 Å². The first-order chi connectivity index (χ1) is 15.6. The lowest BCUT2D eigenvalue weighted by Gasteiger charge is -2.12. The number of Topliss-reactive ketones (excluding diaryl/α,β-unsaturated/α-hetero) is 1. The second-order valence-corrected chi connectivity index (χ2v) is 7.57. The Labute approximate surface area is 187 Å². The number of carbonyl (C=O) groups excluding carboxylic acids is 2. The number of primary amides is 1. The lowest BCUT2D eigenvalue weighted by atomic mass is 9.94. The van der Waals surface area contributed by atoms with E-state index in [9.17, 15) is 9.59 Å². The predicted molar refractivity (Wildman–Crippen MR) is 126 cm³/mol. The summed E-state index contributed by atoms with van der Waals surface area (Å²) in [4.78, 5) is 24.8. The van der Waals surface area contributed by atoms with Gasteiger partial charge in [-0.05, 0) is 47.7 Å². The Morgan fingerprint density at radius 2 is 1.66 bits per heavy atom. The number of aromatic nitrogens is 1. The van der Waals surface area contributed by atoms with Crippen molar-refractivity contribution >= 4 is 17.2 Å². The zero-order chi connectivity index (χ0) is 22.7. The fraction of sp³-hybridized carbons (Fsp3) is 0.185. The van der Waals surface area contributed by atoms with Gasteiger partial charge in [0, 0.05) is 18.3 Å². The van der Waals surface area contributed by atoms with Gasteiger partial charge in [0.15, 0.2) is 0 Å². The molecule has 0 saturated carbocycles. The normalized spacial score (nSPS) is 10.9. The van der Waals surface area contributed by atoms with Crippen molar-refractivity contribution in [2.45, 2.75) is 26.7 Å². The first kappa shape index (κ1) is 21.4. The maximum absolute atomic E-state index is 12.9.